The molecule has 0 aliphatic heterocycles. The molecule has 12 heavy (non-hydrogen) atoms. The third kappa shape index (κ3) is 1.10. The van der Waals surface area contributed by atoms with Gasteiger partial charge in [0.05, 0.1) is 11.3 Å². The molecule has 0 saturated carbocycles. The van der Waals surface area contributed by atoms with Crippen LogP contribution in [0.2, 0.25) is 10.0 Å². The third-order valence-corrected chi connectivity index (χ3v) is 2.29. The predicted molar refractivity (Wildman–Crippen MR) is 51.0 cm³/mol. The molecule has 62 valence electrons. The van der Waals surface area contributed by atoms with Crippen molar-refractivity contribution in [2.75, 3.05) is 0 Å². The molecule has 0 atom stereocenters. The summed E-state index contributed by atoms with van der Waals surface area (Å²) in [4.78, 5) is 0. The number of rotatable bonds is 0. The Balaban J connectivity index is 2.92. The van der Waals surface area contributed by atoms with Crippen molar-refractivity contribution in [3.8, 4) is 0 Å². The van der Waals surface area contributed by atoms with Crippen molar-refractivity contribution in [2.45, 2.75) is 6.92 Å². The molecule has 0 saturated heterocycles. The number of furan rings is 1. The topological polar surface area (TPSA) is 13.1 Å². The van der Waals surface area contributed by atoms with E-state index < -0.39 is 0 Å². The number of fused-ring (bicyclic) bond motifs is 1. The summed E-state index contributed by atoms with van der Waals surface area (Å²) in [5.74, 6) is 0. The van der Waals surface area contributed by atoms with Crippen molar-refractivity contribution in [3.63, 3.8) is 0 Å². The lowest BCUT2D eigenvalue weighted by Gasteiger charge is -1.94. The van der Waals surface area contributed by atoms with Crippen LogP contribution >= 0.6 is 23.2 Å². The fourth-order valence-electron chi connectivity index (χ4n) is 1.18. The fourth-order valence-corrected chi connectivity index (χ4v) is 1.72. The Hall–Kier alpha value is -0.660. The van der Waals surface area contributed by atoms with Gasteiger partial charge in [-0.2, -0.15) is 0 Å². The molecule has 1 aromatic carbocycles. The standard InChI is InChI=1S/C9H6Cl2O/c1-5-4-12-9-7(5)2-6(10)3-8(9)11/h2-4H,1H3. The summed E-state index contributed by atoms with van der Waals surface area (Å²) in [5, 5.41) is 2.18. The van der Waals surface area contributed by atoms with E-state index in [-0.39, 0.29) is 0 Å². The zero-order valence-corrected chi connectivity index (χ0v) is 7.91. The van der Waals surface area contributed by atoms with E-state index in [9.17, 15) is 0 Å². The Kier molecular flexibility index (Phi) is 1.78. The summed E-state index contributed by atoms with van der Waals surface area (Å²) in [5.41, 5.74) is 1.76. The van der Waals surface area contributed by atoms with Gasteiger partial charge in [0.2, 0.25) is 0 Å². The maximum absolute atomic E-state index is 5.90. The van der Waals surface area contributed by atoms with Crippen LogP contribution in [0.25, 0.3) is 11.0 Å². The minimum atomic E-state index is 0.561. The van der Waals surface area contributed by atoms with Crippen LogP contribution in [0.15, 0.2) is 22.8 Å². The van der Waals surface area contributed by atoms with Crippen LogP contribution in [0, 0.1) is 6.92 Å². The summed E-state index contributed by atoms with van der Waals surface area (Å²) in [6.45, 7) is 1.96. The molecule has 0 unspecified atom stereocenters. The Morgan fingerprint density at radius 3 is 2.75 bits per heavy atom. The molecule has 0 bridgehead atoms. The molecule has 0 aliphatic carbocycles. The highest BCUT2D eigenvalue weighted by Crippen LogP contribution is 2.30. The van der Waals surface area contributed by atoms with E-state index in [1.54, 1.807) is 12.3 Å². The van der Waals surface area contributed by atoms with Crippen molar-refractivity contribution in [3.05, 3.63) is 34.0 Å². The molecular formula is C9H6Cl2O. The van der Waals surface area contributed by atoms with Gasteiger partial charge in [0, 0.05) is 10.4 Å². The molecule has 1 nitrogen and oxygen atoms in total. The highest BCUT2D eigenvalue weighted by molar-refractivity contribution is 6.38. The second-order valence-corrected chi connectivity index (χ2v) is 3.53. The highest BCUT2D eigenvalue weighted by atomic mass is 35.5. The summed E-state index contributed by atoms with van der Waals surface area (Å²) in [7, 11) is 0. The van der Waals surface area contributed by atoms with Crippen molar-refractivity contribution in [1.82, 2.24) is 0 Å². The zero-order valence-electron chi connectivity index (χ0n) is 6.40. The smallest absolute Gasteiger partial charge is 0.152 e. The maximum atomic E-state index is 5.90. The number of benzene rings is 1. The third-order valence-electron chi connectivity index (χ3n) is 1.79. The number of halogens is 2. The predicted octanol–water partition coefficient (Wildman–Crippen LogP) is 4.05. The Morgan fingerprint density at radius 2 is 2.00 bits per heavy atom. The van der Waals surface area contributed by atoms with Gasteiger partial charge in [-0.05, 0) is 24.6 Å². The molecule has 3 heteroatoms. The number of hydrogen-bond donors (Lipinski definition) is 0. The maximum Gasteiger partial charge on any atom is 0.152 e. The van der Waals surface area contributed by atoms with E-state index in [1.165, 1.54) is 0 Å². The van der Waals surface area contributed by atoms with E-state index in [0.29, 0.717) is 15.6 Å². The Labute approximate surface area is 79.9 Å². The van der Waals surface area contributed by atoms with Crippen LogP contribution in [0.4, 0.5) is 0 Å². The van der Waals surface area contributed by atoms with Crippen LogP contribution < -0.4 is 0 Å². The second kappa shape index (κ2) is 2.68. The van der Waals surface area contributed by atoms with E-state index in [1.807, 2.05) is 13.0 Å². The van der Waals surface area contributed by atoms with Gasteiger partial charge < -0.3 is 4.42 Å². The van der Waals surface area contributed by atoms with Gasteiger partial charge >= 0.3 is 0 Å². The van der Waals surface area contributed by atoms with Crippen LogP contribution in [-0.2, 0) is 0 Å². The number of hydrogen-bond acceptors (Lipinski definition) is 1. The first kappa shape index (κ1) is 7.96. The van der Waals surface area contributed by atoms with E-state index in [4.69, 9.17) is 27.6 Å². The fraction of sp³-hybridized carbons (Fsp3) is 0.111. The monoisotopic (exact) mass is 200 g/mol. The van der Waals surface area contributed by atoms with Gasteiger partial charge in [-0.15, -0.1) is 0 Å². The molecule has 0 radical (unpaired) electrons. The molecule has 0 fully saturated rings. The molecule has 1 heterocycles. The normalized spacial score (nSPS) is 10.9. The van der Waals surface area contributed by atoms with E-state index >= 15 is 0 Å². The second-order valence-electron chi connectivity index (χ2n) is 2.68. The summed E-state index contributed by atoms with van der Waals surface area (Å²) < 4.78 is 5.24. The first-order valence-corrected chi connectivity index (χ1v) is 4.27. The summed E-state index contributed by atoms with van der Waals surface area (Å²) in [6.07, 6.45) is 1.67. The Morgan fingerprint density at radius 1 is 1.25 bits per heavy atom. The molecule has 2 aromatic rings. The lowest BCUT2D eigenvalue weighted by atomic mass is 10.2. The van der Waals surface area contributed by atoms with Gasteiger partial charge in [-0.3, -0.25) is 0 Å². The van der Waals surface area contributed by atoms with Gasteiger partial charge in [0.15, 0.2) is 5.58 Å². The molecule has 0 aliphatic rings. The SMILES string of the molecule is Cc1coc2c(Cl)cc(Cl)cc12. The highest BCUT2D eigenvalue weighted by Gasteiger charge is 2.06. The van der Waals surface area contributed by atoms with Crippen molar-refractivity contribution in [2.24, 2.45) is 0 Å². The van der Waals surface area contributed by atoms with Crippen molar-refractivity contribution in [1.29, 1.82) is 0 Å². The zero-order chi connectivity index (χ0) is 8.72. The van der Waals surface area contributed by atoms with Crippen LogP contribution in [0.1, 0.15) is 5.56 Å². The van der Waals surface area contributed by atoms with Crippen molar-refractivity contribution >= 4 is 34.2 Å². The van der Waals surface area contributed by atoms with E-state index in [2.05, 4.69) is 0 Å². The van der Waals surface area contributed by atoms with Crippen LogP contribution in [-0.4, -0.2) is 0 Å². The van der Waals surface area contributed by atoms with E-state index in [0.717, 1.165) is 10.9 Å². The lowest BCUT2D eigenvalue weighted by molar-refractivity contribution is 0.613. The largest absolute Gasteiger partial charge is 0.462 e. The average molecular weight is 201 g/mol. The summed E-state index contributed by atoms with van der Waals surface area (Å²) in [6, 6.07) is 3.52. The van der Waals surface area contributed by atoms with Gasteiger partial charge in [-0.1, -0.05) is 23.2 Å². The lowest BCUT2D eigenvalue weighted by Crippen LogP contribution is -1.70. The molecule has 0 spiro atoms. The molecular weight excluding hydrogens is 195 g/mol. The molecule has 1 aromatic heterocycles. The van der Waals surface area contributed by atoms with Gasteiger partial charge in [0.1, 0.15) is 0 Å². The molecule has 2 rings (SSSR count). The molecule has 0 amide bonds. The molecule has 0 N–H and O–H groups in total. The Bertz CT molecular complexity index is 431. The average Bonchev–Trinajstić information content (AvgIpc) is 2.33. The van der Waals surface area contributed by atoms with Gasteiger partial charge in [0.25, 0.3) is 0 Å². The van der Waals surface area contributed by atoms with Crippen LogP contribution in [0.3, 0.4) is 0 Å². The first-order chi connectivity index (χ1) is 5.68. The van der Waals surface area contributed by atoms with Crippen molar-refractivity contribution < 1.29 is 4.42 Å². The minimum absolute atomic E-state index is 0.561. The minimum Gasteiger partial charge on any atom is -0.462 e. The van der Waals surface area contributed by atoms with Crippen LogP contribution in [0.5, 0.6) is 0 Å². The quantitative estimate of drug-likeness (QED) is 0.626. The summed E-state index contributed by atoms with van der Waals surface area (Å²) >= 11 is 11.7. The first-order valence-electron chi connectivity index (χ1n) is 3.51. The van der Waals surface area contributed by atoms with Gasteiger partial charge in [-0.25, -0.2) is 0 Å². The number of aryl methyl sites for hydroxylation is 1.